The second-order valence-electron chi connectivity index (χ2n) is 11.4. The number of nitrogens with zero attached hydrogens (tertiary/aromatic N) is 3. The Kier molecular flexibility index (Phi) is 8.26. The predicted molar refractivity (Wildman–Crippen MR) is 164 cm³/mol. The molecule has 1 unspecified atom stereocenters. The number of piperidine rings is 1. The molecule has 2 atom stereocenters. The van der Waals surface area contributed by atoms with E-state index >= 15 is 0 Å². The lowest BCUT2D eigenvalue weighted by Gasteiger charge is -2.34. The monoisotopic (exact) mass is 621 g/mol. The van der Waals surface area contributed by atoms with E-state index in [4.69, 9.17) is 11.6 Å². The van der Waals surface area contributed by atoms with Crippen LogP contribution in [0.2, 0.25) is 5.02 Å². The van der Waals surface area contributed by atoms with Crippen molar-refractivity contribution in [3.8, 4) is 11.1 Å². The zero-order valence-electron chi connectivity index (χ0n) is 23.8. The van der Waals surface area contributed by atoms with Crippen LogP contribution >= 0.6 is 11.6 Å². The van der Waals surface area contributed by atoms with E-state index in [9.17, 15) is 27.9 Å². The number of rotatable bonds is 7. The van der Waals surface area contributed by atoms with Gasteiger partial charge in [-0.1, -0.05) is 84.4 Å². The summed E-state index contributed by atoms with van der Waals surface area (Å²) in [5.74, 6) is -0.701. The zero-order chi connectivity index (χ0) is 31.0. The van der Waals surface area contributed by atoms with E-state index in [1.807, 2.05) is 48.5 Å². The maximum Gasteiger partial charge on any atom is 0.416 e. The van der Waals surface area contributed by atoms with Gasteiger partial charge in [0, 0.05) is 30.8 Å². The number of aliphatic carboxylic acids is 1. The van der Waals surface area contributed by atoms with Crippen LogP contribution < -0.4 is 10.5 Å². The van der Waals surface area contributed by atoms with Crippen molar-refractivity contribution >= 4 is 23.4 Å². The molecular weight excluding hydrogens is 591 g/mol. The van der Waals surface area contributed by atoms with Crippen LogP contribution in [-0.2, 0) is 24.1 Å². The summed E-state index contributed by atoms with van der Waals surface area (Å²) in [5, 5.41) is 9.98. The number of pyridine rings is 1. The molecule has 6 nitrogen and oxygen atoms in total. The number of benzene rings is 3. The number of likely N-dealkylation sites (tertiary alicyclic amines) is 1. The molecule has 0 saturated carbocycles. The molecule has 3 aromatic carbocycles. The summed E-state index contributed by atoms with van der Waals surface area (Å²) in [6, 6.07) is 23.2. The molecule has 4 aromatic rings. The topological polar surface area (TPSA) is 65.8 Å². The number of anilines is 1. The van der Waals surface area contributed by atoms with Crippen molar-refractivity contribution in [2.75, 3.05) is 24.5 Å². The minimum Gasteiger partial charge on any atom is -0.480 e. The van der Waals surface area contributed by atoms with Crippen molar-refractivity contribution in [1.29, 1.82) is 0 Å². The largest absolute Gasteiger partial charge is 0.480 e. The minimum atomic E-state index is -4.60. The Morgan fingerprint density at radius 3 is 2.32 bits per heavy atom. The Labute approximate surface area is 257 Å². The Balaban J connectivity index is 1.53. The Hall–Kier alpha value is -4.08. The Morgan fingerprint density at radius 2 is 1.64 bits per heavy atom. The molecule has 0 radical (unpaired) electrons. The molecule has 3 heterocycles. The van der Waals surface area contributed by atoms with Crippen LogP contribution in [0.25, 0.3) is 11.1 Å². The molecule has 6 rings (SSSR count). The smallest absolute Gasteiger partial charge is 0.416 e. The molecule has 0 bridgehead atoms. The van der Waals surface area contributed by atoms with Gasteiger partial charge in [0.1, 0.15) is 10.8 Å². The third-order valence-corrected chi connectivity index (χ3v) is 8.96. The van der Waals surface area contributed by atoms with E-state index in [1.165, 1.54) is 11.6 Å². The van der Waals surface area contributed by atoms with Crippen molar-refractivity contribution in [1.82, 2.24) is 9.47 Å². The van der Waals surface area contributed by atoms with E-state index in [1.54, 1.807) is 11.0 Å². The average molecular weight is 622 g/mol. The first kappa shape index (κ1) is 30.0. The van der Waals surface area contributed by atoms with Gasteiger partial charge in [-0.3, -0.25) is 14.3 Å². The molecule has 0 aliphatic carbocycles. The van der Waals surface area contributed by atoms with Crippen LogP contribution in [-0.4, -0.2) is 40.2 Å². The third kappa shape index (κ3) is 5.86. The first-order valence-corrected chi connectivity index (χ1v) is 14.9. The van der Waals surface area contributed by atoms with Gasteiger partial charge in [0.2, 0.25) is 0 Å². The van der Waals surface area contributed by atoms with Crippen molar-refractivity contribution in [3.05, 3.63) is 123 Å². The van der Waals surface area contributed by atoms with Crippen LogP contribution in [0.3, 0.4) is 0 Å². The van der Waals surface area contributed by atoms with Crippen LogP contribution in [0.5, 0.6) is 0 Å². The van der Waals surface area contributed by atoms with Crippen molar-refractivity contribution < 1.29 is 23.1 Å². The standard InChI is InChI=1S/C34H31ClF3N3O3/c35-30-27(20-39-16-8-14-25(19-39)23-11-5-2-6-12-23)29(24-13-7-15-26(17-24)34(36,37)38)31-40(18-22-9-3-1-4-10-22)21-28(33(43)44)41(31)32(30)42/h1-7,9-13,15,17,25,28H,8,14,16,18-21H2,(H,43,44)/t25-,28?/m1/s1. The van der Waals surface area contributed by atoms with E-state index in [0.717, 1.165) is 41.6 Å². The number of fused-ring (bicyclic) bond motifs is 1. The summed E-state index contributed by atoms with van der Waals surface area (Å²) in [4.78, 5) is 30.3. The van der Waals surface area contributed by atoms with Crippen LogP contribution in [0, 0.1) is 0 Å². The van der Waals surface area contributed by atoms with Gasteiger partial charge in [-0.15, -0.1) is 0 Å². The fourth-order valence-corrected chi connectivity index (χ4v) is 6.77. The van der Waals surface area contributed by atoms with E-state index < -0.39 is 29.3 Å². The molecule has 0 spiro atoms. The van der Waals surface area contributed by atoms with E-state index in [2.05, 4.69) is 17.0 Å². The van der Waals surface area contributed by atoms with Crippen molar-refractivity contribution in [2.24, 2.45) is 0 Å². The summed E-state index contributed by atoms with van der Waals surface area (Å²) in [6.07, 6.45) is -2.70. The summed E-state index contributed by atoms with van der Waals surface area (Å²) in [5.41, 5.74) is 1.54. The van der Waals surface area contributed by atoms with Gasteiger partial charge in [-0.05, 0) is 54.1 Å². The van der Waals surface area contributed by atoms with E-state index in [-0.39, 0.29) is 42.0 Å². The number of carbonyl (C=O) groups is 1. The SMILES string of the molecule is O=C(O)C1CN(Cc2ccccc2)c2c(-c3cccc(C(F)(F)F)c3)c(CN3CCC[C@@H](c4ccccc4)C3)c(Cl)c(=O)n21. The summed E-state index contributed by atoms with van der Waals surface area (Å²) >= 11 is 6.82. The highest BCUT2D eigenvalue weighted by Crippen LogP contribution is 2.44. The number of alkyl halides is 3. The molecule has 10 heteroatoms. The molecule has 1 N–H and O–H groups in total. The Morgan fingerprint density at radius 1 is 0.932 bits per heavy atom. The number of carboxylic acid groups (broad SMARTS) is 1. The normalized spacial score (nSPS) is 18.8. The maximum absolute atomic E-state index is 13.9. The molecule has 1 saturated heterocycles. The summed E-state index contributed by atoms with van der Waals surface area (Å²) in [7, 11) is 0. The van der Waals surface area contributed by atoms with Crippen molar-refractivity contribution in [2.45, 2.75) is 44.1 Å². The highest BCUT2D eigenvalue weighted by molar-refractivity contribution is 6.31. The van der Waals surface area contributed by atoms with Crippen LogP contribution in [0.1, 0.15) is 47.1 Å². The van der Waals surface area contributed by atoms with Gasteiger partial charge in [0.05, 0.1) is 12.1 Å². The van der Waals surface area contributed by atoms with Crippen LogP contribution in [0.15, 0.2) is 89.7 Å². The minimum absolute atomic E-state index is 0.0367. The Bertz CT molecular complexity index is 1730. The lowest BCUT2D eigenvalue weighted by molar-refractivity contribution is -0.140. The van der Waals surface area contributed by atoms with Gasteiger partial charge in [0.25, 0.3) is 5.56 Å². The molecule has 44 heavy (non-hydrogen) atoms. The molecule has 2 aliphatic heterocycles. The molecule has 2 aliphatic rings. The van der Waals surface area contributed by atoms with Gasteiger partial charge in [-0.25, -0.2) is 4.79 Å². The molecule has 1 fully saturated rings. The number of hydrogen-bond acceptors (Lipinski definition) is 4. The van der Waals surface area contributed by atoms with Gasteiger partial charge in [-0.2, -0.15) is 13.2 Å². The zero-order valence-corrected chi connectivity index (χ0v) is 24.6. The molecular formula is C34H31ClF3N3O3. The lowest BCUT2D eigenvalue weighted by Crippen LogP contribution is -2.35. The lowest BCUT2D eigenvalue weighted by atomic mass is 9.90. The number of carboxylic acids is 1. The van der Waals surface area contributed by atoms with Gasteiger partial charge < -0.3 is 10.0 Å². The average Bonchev–Trinajstić information content (AvgIpc) is 3.40. The second-order valence-corrected chi connectivity index (χ2v) is 11.8. The highest BCUT2D eigenvalue weighted by Gasteiger charge is 2.40. The van der Waals surface area contributed by atoms with Gasteiger partial charge in [0.15, 0.2) is 6.04 Å². The quantitative estimate of drug-likeness (QED) is 0.236. The maximum atomic E-state index is 13.9. The van der Waals surface area contributed by atoms with Crippen LogP contribution in [0.4, 0.5) is 19.0 Å². The first-order valence-electron chi connectivity index (χ1n) is 14.5. The van der Waals surface area contributed by atoms with Crippen molar-refractivity contribution in [3.63, 3.8) is 0 Å². The number of halogens is 4. The highest BCUT2D eigenvalue weighted by atomic mass is 35.5. The predicted octanol–water partition coefficient (Wildman–Crippen LogP) is 7.21. The second kappa shape index (κ2) is 12.1. The molecule has 0 amide bonds. The van der Waals surface area contributed by atoms with E-state index in [0.29, 0.717) is 17.7 Å². The molecule has 228 valence electrons. The fourth-order valence-electron chi connectivity index (χ4n) is 6.53. The summed E-state index contributed by atoms with van der Waals surface area (Å²) in [6.45, 7) is 1.87. The first-order chi connectivity index (χ1) is 21.1. The van der Waals surface area contributed by atoms with Gasteiger partial charge >= 0.3 is 12.1 Å². The molecule has 1 aromatic heterocycles. The third-order valence-electron chi connectivity index (χ3n) is 8.57. The number of aromatic nitrogens is 1. The fraction of sp³-hybridized carbons (Fsp3) is 0.294. The summed E-state index contributed by atoms with van der Waals surface area (Å²) < 4.78 is 42.9. The number of hydrogen-bond donors (Lipinski definition) is 1.